The molecule has 2 aliphatic carbocycles. The molecule has 2 saturated carbocycles. The lowest BCUT2D eigenvalue weighted by Gasteiger charge is -2.13. The van der Waals surface area contributed by atoms with Crippen LogP contribution in [0.1, 0.15) is 64.7 Å². The number of hydrogen-bond donors (Lipinski definition) is 1. The molecule has 2 aliphatic rings. The summed E-state index contributed by atoms with van der Waals surface area (Å²) in [6.45, 7) is 2.25. The summed E-state index contributed by atoms with van der Waals surface area (Å²) in [5.41, 5.74) is -0.190. The van der Waals surface area contributed by atoms with E-state index in [2.05, 4.69) is 6.92 Å². The minimum Gasteiger partial charge on any atom is -0.389 e. The average molecular weight is 196 g/mol. The van der Waals surface area contributed by atoms with Crippen LogP contribution in [-0.2, 0) is 0 Å². The van der Waals surface area contributed by atoms with E-state index in [1.165, 1.54) is 51.4 Å². The predicted molar refractivity (Wildman–Crippen MR) is 59.2 cm³/mol. The van der Waals surface area contributed by atoms with Gasteiger partial charge in [-0.3, -0.25) is 0 Å². The van der Waals surface area contributed by atoms with Gasteiger partial charge >= 0.3 is 0 Å². The molecule has 0 amide bonds. The van der Waals surface area contributed by atoms with Gasteiger partial charge in [0.25, 0.3) is 0 Å². The molecule has 1 N–H and O–H groups in total. The Kier molecular flexibility index (Phi) is 3.16. The first-order chi connectivity index (χ1) is 6.79. The van der Waals surface area contributed by atoms with Gasteiger partial charge in [0, 0.05) is 0 Å². The third-order valence-corrected chi connectivity index (χ3v) is 4.37. The molecule has 0 aliphatic heterocycles. The smallest absolute Gasteiger partial charge is 0.0711 e. The molecule has 0 aromatic carbocycles. The first-order valence-corrected chi connectivity index (χ1v) is 6.51. The van der Waals surface area contributed by atoms with Crippen molar-refractivity contribution < 1.29 is 5.11 Å². The standard InChI is InChI=1S/C13H24O/c1-2-3-4-5-6-10-13(14)11-8-7-9-12(11)13/h11-12,14H,2-10H2,1H3. The Morgan fingerprint density at radius 3 is 2.36 bits per heavy atom. The van der Waals surface area contributed by atoms with Gasteiger partial charge in [-0.15, -0.1) is 0 Å². The quantitative estimate of drug-likeness (QED) is 0.645. The summed E-state index contributed by atoms with van der Waals surface area (Å²) in [4.78, 5) is 0. The second-order valence-electron chi connectivity index (χ2n) is 5.30. The zero-order chi connectivity index (χ0) is 10.0. The van der Waals surface area contributed by atoms with Crippen LogP contribution in [0.4, 0.5) is 0 Å². The summed E-state index contributed by atoms with van der Waals surface area (Å²) in [6, 6.07) is 0. The number of unbranched alkanes of at least 4 members (excludes halogenated alkanes) is 4. The normalized spacial score (nSPS) is 39.9. The van der Waals surface area contributed by atoms with Gasteiger partial charge in [-0.1, -0.05) is 45.4 Å². The Morgan fingerprint density at radius 1 is 1.07 bits per heavy atom. The van der Waals surface area contributed by atoms with E-state index in [1.54, 1.807) is 0 Å². The number of hydrogen-bond acceptors (Lipinski definition) is 1. The maximum Gasteiger partial charge on any atom is 0.0711 e. The predicted octanol–water partition coefficient (Wildman–Crippen LogP) is 3.51. The van der Waals surface area contributed by atoms with E-state index in [-0.39, 0.29) is 5.60 Å². The first kappa shape index (κ1) is 10.5. The Labute approximate surface area is 87.9 Å². The monoisotopic (exact) mass is 196 g/mol. The Hall–Kier alpha value is -0.0400. The van der Waals surface area contributed by atoms with Crippen LogP contribution >= 0.6 is 0 Å². The van der Waals surface area contributed by atoms with Crippen molar-refractivity contribution in [3.8, 4) is 0 Å². The zero-order valence-electron chi connectivity index (χ0n) is 9.47. The highest BCUT2D eigenvalue weighted by molar-refractivity contribution is 5.14. The molecule has 2 rings (SSSR count). The topological polar surface area (TPSA) is 20.2 Å². The molecule has 1 nitrogen and oxygen atoms in total. The molecule has 0 heterocycles. The number of fused-ring (bicyclic) bond motifs is 1. The van der Waals surface area contributed by atoms with Crippen LogP contribution in [-0.4, -0.2) is 10.7 Å². The van der Waals surface area contributed by atoms with Gasteiger partial charge in [-0.05, 0) is 31.1 Å². The van der Waals surface area contributed by atoms with Crippen LogP contribution < -0.4 is 0 Å². The van der Waals surface area contributed by atoms with Crippen molar-refractivity contribution >= 4 is 0 Å². The van der Waals surface area contributed by atoms with E-state index in [0.29, 0.717) is 11.8 Å². The van der Waals surface area contributed by atoms with Crippen LogP contribution in [0.25, 0.3) is 0 Å². The highest BCUT2D eigenvalue weighted by Crippen LogP contribution is 2.62. The van der Waals surface area contributed by atoms with Gasteiger partial charge in [-0.2, -0.15) is 0 Å². The van der Waals surface area contributed by atoms with E-state index >= 15 is 0 Å². The number of aliphatic hydroxyl groups is 1. The molecule has 0 bridgehead atoms. The third kappa shape index (κ3) is 1.84. The second kappa shape index (κ2) is 4.22. The molecule has 2 unspecified atom stereocenters. The van der Waals surface area contributed by atoms with Gasteiger partial charge in [0.15, 0.2) is 0 Å². The van der Waals surface area contributed by atoms with Gasteiger partial charge in [0.1, 0.15) is 0 Å². The molecule has 2 atom stereocenters. The van der Waals surface area contributed by atoms with Gasteiger partial charge < -0.3 is 5.11 Å². The fourth-order valence-electron chi connectivity index (χ4n) is 3.43. The van der Waals surface area contributed by atoms with Crippen LogP contribution in [0.15, 0.2) is 0 Å². The molecule has 1 heteroatoms. The van der Waals surface area contributed by atoms with Gasteiger partial charge in [0.2, 0.25) is 0 Å². The molecule has 0 radical (unpaired) electrons. The molecule has 0 saturated heterocycles. The lowest BCUT2D eigenvalue weighted by molar-refractivity contribution is 0.0935. The minimum absolute atomic E-state index is 0.190. The minimum atomic E-state index is -0.190. The largest absolute Gasteiger partial charge is 0.389 e. The summed E-state index contributed by atoms with van der Waals surface area (Å²) in [5.74, 6) is 1.40. The Bertz CT molecular complexity index is 178. The van der Waals surface area contributed by atoms with E-state index in [0.717, 1.165) is 6.42 Å². The molecule has 0 spiro atoms. The van der Waals surface area contributed by atoms with Crippen molar-refractivity contribution in [1.29, 1.82) is 0 Å². The summed E-state index contributed by atoms with van der Waals surface area (Å²) in [7, 11) is 0. The van der Waals surface area contributed by atoms with Crippen molar-refractivity contribution in [2.45, 2.75) is 70.3 Å². The zero-order valence-corrected chi connectivity index (χ0v) is 9.47. The fraction of sp³-hybridized carbons (Fsp3) is 1.00. The van der Waals surface area contributed by atoms with Gasteiger partial charge in [-0.25, -0.2) is 0 Å². The van der Waals surface area contributed by atoms with Crippen molar-refractivity contribution in [1.82, 2.24) is 0 Å². The summed E-state index contributed by atoms with van der Waals surface area (Å²) in [6.07, 6.45) is 11.7. The third-order valence-electron chi connectivity index (χ3n) is 4.37. The van der Waals surface area contributed by atoms with Crippen molar-refractivity contribution in [3.05, 3.63) is 0 Å². The molecule has 0 aromatic rings. The highest BCUT2D eigenvalue weighted by atomic mass is 16.3. The summed E-state index contributed by atoms with van der Waals surface area (Å²) < 4.78 is 0. The molecule has 0 aromatic heterocycles. The second-order valence-corrected chi connectivity index (χ2v) is 5.30. The molecular formula is C13H24O. The maximum absolute atomic E-state index is 10.3. The average Bonchev–Trinajstić information content (AvgIpc) is 2.61. The molecular weight excluding hydrogens is 172 g/mol. The Balaban J connectivity index is 1.58. The van der Waals surface area contributed by atoms with E-state index in [9.17, 15) is 5.11 Å². The number of rotatable bonds is 6. The van der Waals surface area contributed by atoms with Crippen molar-refractivity contribution in [2.75, 3.05) is 0 Å². The van der Waals surface area contributed by atoms with Crippen molar-refractivity contribution in [2.24, 2.45) is 11.8 Å². The van der Waals surface area contributed by atoms with E-state index < -0.39 is 0 Å². The molecule has 14 heavy (non-hydrogen) atoms. The SMILES string of the molecule is CCCCCCCC1(O)C2CCCC21. The van der Waals surface area contributed by atoms with Crippen LogP contribution in [0, 0.1) is 11.8 Å². The lowest BCUT2D eigenvalue weighted by Crippen LogP contribution is -2.15. The van der Waals surface area contributed by atoms with Crippen LogP contribution in [0.2, 0.25) is 0 Å². The van der Waals surface area contributed by atoms with E-state index in [4.69, 9.17) is 0 Å². The van der Waals surface area contributed by atoms with Gasteiger partial charge in [0.05, 0.1) is 5.60 Å². The first-order valence-electron chi connectivity index (χ1n) is 6.51. The van der Waals surface area contributed by atoms with E-state index in [1.807, 2.05) is 0 Å². The van der Waals surface area contributed by atoms with Crippen LogP contribution in [0.5, 0.6) is 0 Å². The van der Waals surface area contributed by atoms with Crippen molar-refractivity contribution in [3.63, 3.8) is 0 Å². The maximum atomic E-state index is 10.3. The Morgan fingerprint density at radius 2 is 1.71 bits per heavy atom. The summed E-state index contributed by atoms with van der Waals surface area (Å²) in [5, 5.41) is 10.3. The molecule has 2 fully saturated rings. The fourth-order valence-corrected chi connectivity index (χ4v) is 3.43. The van der Waals surface area contributed by atoms with Crippen LogP contribution in [0.3, 0.4) is 0 Å². The highest BCUT2D eigenvalue weighted by Gasteiger charge is 2.64. The summed E-state index contributed by atoms with van der Waals surface area (Å²) >= 11 is 0. The molecule has 82 valence electrons. The lowest BCUT2D eigenvalue weighted by atomic mass is 10.0.